The molecule has 0 aliphatic carbocycles. The summed E-state index contributed by atoms with van der Waals surface area (Å²) < 4.78 is 4.83. The van der Waals surface area contributed by atoms with E-state index in [1.54, 1.807) is 18.3 Å². The number of rotatable bonds is 1. The van der Waals surface area contributed by atoms with Gasteiger partial charge in [-0.1, -0.05) is 5.16 Å². The van der Waals surface area contributed by atoms with Crippen LogP contribution >= 0.6 is 11.3 Å². The summed E-state index contributed by atoms with van der Waals surface area (Å²) in [5, 5.41) is 7.76. The Morgan fingerprint density at radius 3 is 3.00 bits per heavy atom. The molecule has 56 valence electrons. The van der Waals surface area contributed by atoms with Crippen molar-refractivity contribution in [3.05, 3.63) is 22.7 Å². The lowest BCUT2D eigenvalue weighted by atomic mass is 10.3. The zero-order valence-corrected chi connectivity index (χ0v) is 6.76. The highest BCUT2D eigenvalue weighted by molar-refractivity contribution is 7.08. The van der Waals surface area contributed by atoms with Crippen molar-refractivity contribution >= 4 is 11.3 Å². The van der Waals surface area contributed by atoms with Crippen LogP contribution in [0.2, 0.25) is 0 Å². The van der Waals surface area contributed by atoms with Crippen molar-refractivity contribution in [2.75, 3.05) is 0 Å². The van der Waals surface area contributed by atoms with Crippen LogP contribution in [0, 0.1) is 6.92 Å². The average Bonchev–Trinajstić information content (AvgIpc) is 2.55. The van der Waals surface area contributed by atoms with Crippen LogP contribution in [0.3, 0.4) is 0 Å². The SMILES string of the molecule is Cc1nc(-c2ccsc2)no1. The summed E-state index contributed by atoms with van der Waals surface area (Å²) in [5.74, 6) is 1.27. The average molecular weight is 166 g/mol. The van der Waals surface area contributed by atoms with Gasteiger partial charge in [0.05, 0.1) is 0 Å². The zero-order chi connectivity index (χ0) is 7.68. The van der Waals surface area contributed by atoms with Crippen LogP contribution in [-0.2, 0) is 0 Å². The predicted molar refractivity (Wildman–Crippen MR) is 42.3 cm³/mol. The van der Waals surface area contributed by atoms with E-state index >= 15 is 0 Å². The predicted octanol–water partition coefficient (Wildman–Crippen LogP) is 2.11. The summed E-state index contributed by atoms with van der Waals surface area (Å²) in [7, 11) is 0. The third-order valence-electron chi connectivity index (χ3n) is 1.31. The summed E-state index contributed by atoms with van der Waals surface area (Å²) >= 11 is 1.62. The van der Waals surface area contributed by atoms with E-state index in [1.165, 1.54) is 0 Å². The van der Waals surface area contributed by atoms with Crippen molar-refractivity contribution in [2.45, 2.75) is 6.92 Å². The number of aromatic nitrogens is 2. The first-order valence-corrected chi connectivity index (χ1v) is 4.13. The van der Waals surface area contributed by atoms with Crippen LogP contribution in [0.4, 0.5) is 0 Å². The molecule has 2 rings (SSSR count). The van der Waals surface area contributed by atoms with Crippen LogP contribution in [0.1, 0.15) is 5.89 Å². The summed E-state index contributed by atoms with van der Waals surface area (Å²) in [5.41, 5.74) is 1.02. The van der Waals surface area contributed by atoms with Crippen LogP contribution in [0.15, 0.2) is 21.3 Å². The number of hydrogen-bond donors (Lipinski definition) is 0. The van der Waals surface area contributed by atoms with Gasteiger partial charge in [-0.15, -0.1) is 0 Å². The van der Waals surface area contributed by atoms with Gasteiger partial charge in [-0.3, -0.25) is 0 Å². The molecule has 0 fully saturated rings. The highest BCUT2D eigenvalue weighted by atomic mass is 32.1. The van der Waals surface area contributed by atoms with Crippen molar-refractivity contribution < 1.29 is 4.52 Å². The molecule has 0 unspecified atom stereocenters. The number of hydrogen-bond acceptors (Lipinski definition) is 4. The Labute approximate surface area is 67.7 Å². The molecule has 2 aromatic rings. The van der Waals surface area contributed by atoms with Crippen molar-refractivity contribution in [1.82, 2.24) is 10.1 Å². The Morgan fingerprint density at radius 1 is 1.55 bits per heavy atom. The molecule has 0 saturated heterocycles. The Morgan fingerprint density at radius 2 is 2.45 bits per heavy atom. The summed E-state index contributed by atoms with van der Waals surface area (Å²) in [6, 6.07) is 1.97. The topological polar surface area (TPSA) is 38.9 Å². The third kappa shape index (κ3) is 1.17. The van der Waals surface area contributed by atoms with Gasteiger partial charge in [0.1, 0.15) is 0 Å². The molecule has 0 atom stereocenters. The Hall–Kier alpha value is -1.16. The van der Waals surface area contributed by atoms with E-state index < -0.39 is 0 Å². The highest BCUT2D eigenvalue weighted by Gasteiger charge is 2.04. The van der Waals surface area contributed by atoms with E-state index in [9.17, 15) is 0 Å². The van der Waals surface area contributed by atoms with Crippen LogP contribution < -0.4 is 0 Å². The fourth-order valence-corrected chi connectivity index (χ4v) is 1.44. The molecule has 0 saturated carbocycles. The van der Waals surface area contributed by atoms with Gasteiger partial charge in [0.25, 0.3) is 0 Å². The Kier molecular flexibility index (Phi) is 1.47. The lowest BCUT2D eigenvalue weighted by molar-refractivity contribution is 0.394. The van der Waals surface area contributed by atoms with Gasteiger partial charge in [0.2, 0.25) is 11.7 Å². The van der Waals surface area contributed by atoms with Crippen molar-refractivity contribution in [3.63, 3.8) is 0 Å². The molecule has 0 bridgehead atoms. The lowest BCUT2D eigenvalue weighted by Gasteiger charge is -1.80. The largest absolute Gasteiger partial charge is 0.339 e. The molecule has 0 spiro atoms. The molecule has 0 amide bonds. The molecule has 4 heteroatoms. The molecule has 2 heterocycles. The fraction of sp³-hybridized carbons (Fsp3) is 0.143. The molecular weight excluding hydrogens is 160 g/mol. The second-order valence-electron chi connectivity index (χ2n) is 2.15. The zero-order valence-electron chi connectivity index (χ0n) is 5.94. The third-order valence-corrected chi connectivity index (χ3v) is 1.99. The minimum Gasteiger partial charge on any atom is -0.339 e. The van der Waals surface area contributed by atoms with Crippen LogP contribution in [0.25, 0.3) is 11.4 Å². The van der Waals surface area contributed by atoms with Crippen molar-refractivity contribution in [3.8, 4) is 11.4 Å². The van der Waals surface area contributed by atoms with Crippen LogP contribution in [-0.4, -0.2) is 10.1 Å². The van der Waals surface area contributed by atoms with Gasteiger partial charge >= 0.3 is 0 Å². The first-order valence-electron chi connectivity index (χ1n) is 3.19. The van der Waals surface area contributed by atoms with Gasteiger partial charge in [-0.25, -0.2) is 0 Å². The van der Waals surface area contributed by atoms with E-state index in [1.807, 2.05) is 16.8 Å². The second kappa shape index (κ2) is 2.47. The van der Waals surface area contributed by atoms with Crippen LogP contribution in [0.5, 0.6) is 0 Å². The molecular formula is C7H6N2OS. The second-order valence-corrected chi connectivity index (χ2v) is 2.93. The Balaban J connectivity index is 2.45. The monoisotopic (exact) mass is 166 g/mol. The maximum Gasteiger partial charge on any atom is 0.223 e. The summed E-state index contributed by atoms with van der Waals surface area (Å²) in [6.07, 6.45) is 0. The number of thiophene rings is 1. The molecule has 0 radical (unpaired) electrons. The fourth-order valence-electron chi connectivity index (χ4n) is 0.808. The number of nitrogens with zero attached hydrogens (tertiary/aromatic N) is 2. The van der Waals surface area contributed by atoms with Gasteiger partial charge in [-0.2, -0.15) is 16.3 Å². The Bertz CT molecular complexity index is 339. The van der Waals surface area contributed by atoms with E-state index in [2.05, 4.69) is 10.1 Å². The molecule has 11 heavy (non-hydrogen) atoms. The summed E-state index contributed by atoms with van der Waals surface area (Å²) in [4.78, 5) is 4.08. The summed E-state index contributed by atoms with van der Waals surface area (Å²) in [6.45, 7) is 1.78. The minimum atomic E-state index is 0.603. The molecule has 0 N–H and O–H groups in total. The smallest absolute Gasteiger partial charge is 0.223 e. The molecule has 0 aromatic carbocycles. The van der Waals surface area contributed by atoms with Gasteiger partial charge in [-0.05, 0) is 11.4 Å². The van der Waals surface area contributed by atoms with Gasteiger partial charge in [0, 0.05) is 17.9 Å². The van der Waals surface area contributed by atoms with Gasteiger partial charge < -0.3 is 4.52 Å². The highest BCUT2D eigenvalue weighted by Crippen LogP contribution is 2.17. The maximum absolute atomic E-state index is 4.83. The van der Waals surface area contributed by atoms with E-state index in [0.717, 1.165) is 5.56 Å². The van der Waals surface area contributed by atoms with E-state index in [4.69, 9.17) is 4.52 Å². The van der Waals surface area contributed by atoms with Crippen molar-refractivity contribution in [1.29, 1.82) is 0 Å². The molecule has 0 aliphatic heterocycles. The quantitative estimate of drug-likeness (QED) is 0.651. The van der Waals surface area contributed by atoms with Crippen molar-refractivity contribution in [2.24, 2.45) is 0 Å². The first kappa shape index (κ1) is 6.54. The van der Waals surface area contributed by atoms with E-state index in [0.29, 0.717) is 11.7 Å². The van der Waals surface area contributed by atoms with Gasteiger partial charge in [0.15, 0.2) is 0 Å². The standard InChI is InChI=1S/C7H6N2OS/c1-5-8-7(9-10-5)6-2-3-11-4-6/h2-4H,1H3. The maximum atomic E-state index is 4.83. The first-order chi connectivity index (χ1) is 5.36. The molecule has 2 aromatic heterocycles. The van der Waals surface area contributed by atoms with E-state index in [-0.39, 0.29) is 0 Å². The minimum absolute atomic E-state index is 0.603. The lowest BCUT2D eigenvalue weighted by Crippen LogP contribution is -1.74. The normalized spacial score (nSPS) is 10.3. The molecule has 0 aliphatic rings. The number of aryl methyl sites for hydroxylation is 1. The molecule has 3 nitrogen and oxygen atoms in total.